The first-order valence-corrected chi connectivity index (χ1v) is 6.69. The second-order valence-electron chi connectivity index (χ2n) is 5.46. The Morgan fingerprint density at radius 3 is 2.90 bits per heavy atom. The highest BCUT2D eigenvalue weighted by Crippen LogP contribution is 2.37. The summed E-state index contributed by atoms with van der Waals surface area (Å²) >= 11 is 0. The normalized spacial score (nSPS) is 25.9. The van der Waals surface area contributed by atoms with Crippen molar-refractivity contribution in [3.8, 4) is 0 Å². The van der Waals surface area contributed by atoms with Crippen LogP contribution in [0.3, 0.4) is 0 Å². The lowest BCUT2D eigenvalue weighted by Gasteiger charge is -2.38. The Labute approximate surface area is 117 Å². The number of amides is 1. The van der Waals surface area contributed by atoms with Crippen molar-refractivity contribution >= 4 is 17.7 Å². The van der Waals surface area contributed by atoms with Crippen LogP contribution in [-0.2, 0) is 4.79 Å². The molecular weight excluding hydrogens is 258 g/mol. The zero-order valence-electron chi connectivity index (χ0n) is 11.4. The quantitative estimate of drug-likeness (QED) is 0.775. The zero-order valence-corrected chi connectivity index (χ0v) is 11.4. The van der Waals surface area contributed by atoms with Crippen molar-refractivity contribution in [2.24, 2.45) is 11.1 Å². The number of anilines is 1. The fraction of sp³-hybridized carbons (Fsp3) is 0.500. The third-order valence-corrected chi connectivity index (χ3v) is 4.06. The third-order valence-electron chi connectivity index (χ3n) is 4.06. The minimum absolute atomic E-state index is 0.204. The summed E-state index contributed by atoms with van der Waals surface area (Å²) in [6.07, 6.45) is 4.79. The van der Waals surface area contributed by atoms with Gasteiger partial charge >= 0.3 is 5.97 Å². The smallest absolute Gasteiger partial charge is 0.311 e. The number of carbonyl (C=O) groups is 2. The Hall–Kier alpha value is -2.11. The molecule has 108 valence electrons. The number of nitrogens with zero attached hydrogens (tertiary/aromatic N) is 1. The number of aliphatic carboxylic acids is 1. The average molecular weight is 277 g/mol. The molecule has 0 bridgehead atoms. The maximum atomic E-state index is 11.5. The molecule has 1 amide bonds. The predicted molar refractivity (Wildman–Crippen MR) is 74.4 cm³/mol. The summed E-state index contributed by atoms with van der Waals surface area (Å²) in [6.45, 7) is 1.75. The molecule has 0 radical (unpaired) electrons. The van der Waals surface area contributed by atoms with E-state index < -0.39 is 17.3 Å². The maximum Gasteiger partial charge on any atom is 0.311 e. The Morgan fingerprint density at radius 1 is 1.50 bits per heavy atom. The molecule has 1 aromatic rings. The Bertz CT molecular complexity index is 532. The highest BCUT2D eigenvalue weighted by Gasteiger charge is 2.43. The molecule has 1 aliphatic carbocycles. The highest BCUT2D eigenvalue weighted by atomic mass is 16.4. The van der Waals surface area contributed by atoms with E-state index in [4.69, 9.17) is 5.73 Å². The van der Waals surface area contributed by atoms with E-state index in [0.29, 0.717) is 17.8 Å². The molecule has 1 aromatic heterocycles. The van der Waals surface area contributed by atoms with Crippen molar-refractivity contribution < 1.29 is 14.7 Å². The standard InChI is InChI=1S/C14H19N3O3/c1-14(13(19)20)6-3-2-4-10(14)17-11-8-9(12(15)18)5-7-16-11/h5,7-8,10H,2-4,6H2,1H3,(H2,15,18)(H,16,17)(H,19,20). The van der Waals surface area contributed by atoms with Crippen LogP contribution in [0.1, 0.15) is 43.0 Å². The number of rotatable bonds is 4. The van der Waals surface area contributed by atoms with Crippen LogP contribution in [-0.4, -0.2) is 28.0 Å². The highest BCUT2D eigenvalue weighted by molar-refractivity contribution is 5.93. The summed E-state index contributed by atoms with van der Waals surface area (Å²) in [6, 6.07) is 2.88. The van der Waals surface area contributed by atoms with E-state index in [1.165, 1.54) is 12.3 Å². The molecule has 0 spiro atoms. The molecular formula is C14H19N3O3. The van der Waals surface area contributed by atoms with Gasteiger partial charge in [-0.2, -0.15) is 0 Å². The molecule has 20 heavy (non-hydrogen) atoms. The fourth-order valence-electron chi connectivity index (χ4n) is 2.66. The number of primary amides is 1. The Balaban J connectivity index is 2.21. The summed E-state index contributed by atoms with van der Waals surface area (Å²) in [7, 11) is 0. The van der Waals surface area contributed by atoms with Crippen LogP contribution in [0.15, 0.2) is 18.3 Å². The monoisotopic (exact) mass is 277 g/mol. The number of carbonyl (C=O) groups excluding carboxylic acids is 1. The van der Waals surface area contributed by atoms with Gasteiger partial charge in [-0.25, -0.2) is 4.98 Å². The van der Waals surface area contributed by atoms with Crippen molar-refractivity contribution in [1.29, 1.82) is 0 Å². The average Bonchev–Trinajstić information content (AvgIpc) is 2.41. The molecule has 2 rings (SSSR count). The van der Waals surface area contributed by atoms with E-state index in [1.54, 1.807) is 13.0 Å². The van der Waals surface area contributed by atoms with Crippen molar-refractivity contribution in [3.05, 3.63) is 23.9 Å². The van der Waals surface area contributed by atoms with Crippen LogP contribution < -0.4 is 11.1 Å². The van der Waals surface area contributed by atoms with Crippen LogP contribution in [0.4, 0.5) is 5.82 Å². The molecule has 1 aliphatic rings. The molecule has 6 nitrogen and oxygen atoms in total. The van der Waals surface area contributed by atoms with Crippen molar-refractivity contribution in [1.82, 2.24) is 4.98 Å². The summed E-state index contributed by atoms with van der Waals surface area (Å²) in [5.41, 5.74) is 4.77. The number of pyridine rings is 1. The van der Waals surface area contributed by atoms with Gasteiger partial charge in [0.15, 0.2) is 0 Å². The van der Waals surface area contributed by atoms with E-state index in [0.717, 1.165) is 19.3 Å². The molecule has 0 aliphatic heterocycles. The van der Waals surface area contributed by atoms with Crippen LogP contribution in [0.2, 0.25) is 0 Å². The van der Waals surface area contributed by atoms with Crippen LogP contribution in [0.5, 0.6) is 0 Å². The van der Waals surface area contributed by atoms with E-state index in [2.05, 4.69) is 10.3 Å². The van der Waals surface area contributed by atoms with Gasteiger partial charge in [-0.15, -0.1) is 0 Å². The third kappa shape index (κ3) is 2.74. The van der Waals surface area contributed by atoms with Gasteiger partial charge in [0.25, 0.3) is 0 Å². The molecule has 1 saturated carbocycles. The number of hydrogen-bond donors (Lipinski definition) is 3. The summed E-state index contributed by atoms with van der Waals surface area (Å²) in [4.78, 5) is 26.8. The second kappa shape index (κ2) is 5.48. The lowest BCUT2D eigenvalue weighted by Crippen LogP contribution is -2.46. The number of nitrogens with two attached hydrogens (primary N) is 1. The largest absolute Gasteiger partial charge is 0.481 e. The SMILES string of the molecule is CC1(C(=O)O)CCCCC1Nc1cc(C(N)=O)ccn1. The number of aromatic nitrogens is 1. The number of carboxylic acid groups (broad SMARTS) is 1. The summed E-state index contributed by atoms with van der Waals surface area (Å²) in [5.74, 6) is -0.846. The zero-order chi connectivity index (χ0) is 14.8. The predicted octanol–water partition coefficient (Wildman–Crippen LogP) is 1.63. The first-order valence-electron chi connectivity index (χ1n) is 6.69. The van der Waals surface area contributed by atoms with E-state index in [-0.39, 0.29) is 6.04 Å². The van der Waals surface area contributed by atoms with Gasteiger partial charge < -0.3 is 16.2 Å². The van der Waals surface area contributed by atoms with Crippen molar-refractivity contribution in [2.45, 2.75) is 38.6 Å². The van der Waals surface area contributed by atoms with Crippen LogP contribution in [0, 0.1) is 5.41 Å². The molecule has 6 heteroatoms. The van der Waals surface area contributed by atoms with Gasteiger partial charge in [0, 0.05) is 17.8 Å². The molecule has 0 aromatic carbocycles. The van der Waals surface area contributed by atoms with Gasteiger partial charge in [-0.1, -0.05) is 12.8 Å². The van der Waals surface area contributed by atoms with Gasteiger partial charge in [0.2, 0.25) is 5.91 Å². The van der Waals surface area contributed by atoms with Crippen LogP contribution >= 0.6 is 0 Å². The number of hydrogen-bond acceptors (Lipinski definition) is 4. The van der Waals surface area contributed by atoms with E-state index in [9.17, 15) is 14.7 Å². The topological polar surface area (TPSA) is 105 Å². The molecule has 2 atom stereocenters. The first-order chi connectivity index (χ1) is 9.43. The van der Waals surface area contributed by atoms with Gasteiger partial charge in [-0.05, 0) is 31.9 Å². The lowest BCUT2D eigenvalue weighted by molar-refractivity contribution is -0.150. The lowest BCUT2D eigenvalue weighted by atomic mass is 9.71. The minimum atomic E-state index is -0.817. The molecule has 2 unspecified atom stereocenters. The first kappa shape index (κ1) is 14.3. The van der Waals surface area contributed by atoms with Gasteiger partial charge in [0.05, 0.1) is 5.41 Å². The summed E-state index contributed by atoms with van der Waals surface area (Å²) < 4.78 is 0. The number of nitrogens with one attached hydrogen (secondary N) is 1. The minimum Gasteiger partial charge on any atom is -0.481 e. The Kier molecular flexibility index (Phi) is 3.92. The number of carboxylic acids is 1. The van der Waals surface area contributed by atoms with Crippen molar-refractivity contribution in [2.75, 3.05) is 5.32 Å². The molecule has 1 fully saturated rings. The van der Waals surface area contributed by atoms with Gasteiger partial charge in [0.1, 0.15) is 5.82 Å². The Morgan fingerprint density at radius 2 is 2.25 bits per heavy atom. The molecule has 1 heterocycles. The van der Waals surface area contributed by atoms with E-state index >= 15 is 0 Å². The van der Waals surface area contributed by atoms with Crippen LogP contribution in [0.25, 0.3) is 0 Å². The van der Waals surface area contributed by atoms with E-state index in [1.807, 2.05) is 0 Å². The summed E-state index contributed by atoms with van der Waals surface area (Å²) in [5, 5.41) is 12.6. The maximum absolute atomic E-state index is 11.5. The fourth-order valence-corrected chi connectivity index (χ4v) is 2.66. The van der Waals surface area contributed by atoms with Gasteiger partial charge in [-0.3, -0.25) is 9.59 Å². The molecule has 4 N–H and O–H groups in total. The second-order valence-corrected chi connectivity index (χ2v) is 5.46. The van der Waals surface area contributed by atoms with Crippen molar-refractivity contribution in [3.63, 3.8) is 0 Å². The molecule has 0 saturated heterocycles.